The van der Waals surface area contributed by atoms with E-state index in [1.165, 1.54) is 0 Å². The Morgan fingerprint density at radius 3 is 2.71 bits per heavy atom. The van der Waals surface area contributed by atoms with Gasteiger partial charge in [-0.3, -0.25) is 0 Å². The Labute approximate surface area is 46.9 Å². The molecule has 0 aromatic rings. The number of hydrogen-bond donors (Lipinski definition) is 0. The molecule has 0 saturated heterocycles. The van der Waals surface area contributed by atoms with Crippen molar-refractivity contribution in [2.45, 2.75) is 6.42 Å². The fourth-order valence-corrected chi connectivity index (χ4v) is 0.962. The van der Waals surface area contributed by atoms with Crippen LogP contribution in [0.4, 0.5) is 0 Å². The summed E-state index contributed by atoms with van der Waals surface area (Å²) in [7, 11) is 0. The van der Waals surface area contributed by atoms with Crippen LogP contribution in [-0.4, -0.2) is 5.75 Å². The largest absolute Gasteiger partial charge is 0.459 e. The highest BCUT2D eigenvalue weighted by Gasteiger charge is 2.15. The van der Waals surface area contributed by atoms with Gasteiger partial charge in [-0.25, -0.2) is 0 Å². The first-order valence-electron chi connectivity index (χ1n) is 2.35. The SMILES string of the molecule is O=[S+]CC1C=CC1. The van der Waals surface area contributed by atoms with Crippen molar-refractivity contribution in [3.63, 3.8) is 0 Å². The van der Waals surface area contributed by atoms with Crippen LogP contribution in [0, 0.1) is 5.92 Å². The Morgan fingerprint density at radius 2 is 2.57 bits per heavy atom. The van der Waals surface area contributed by atoms with Crippen molar-refractivity contribution in [1.82, 2.24) is 0 Å². The predicted molar refractivity (Wildman–Crippen MR) is 30.2 cm³/mol. The molecule has 0 aliphatic heterocycles. The maximum atomic E-state index is 9.82. The summed E-state index contributed by atoms with van der Waals surface area (Å²) < 4.78 is 9.82. The first kappa shape index (κ1) is 4.91. The van der Waals surface area contributed by atoms with Crippen LogP contribution in [0.15, 0.2) is 12.2 Å². The summed E-state index contributed by atoms with van der Waals surface area (Å²) in [6.07, 6.45) is 5.31. The summed E-state index contributed by atoms with van der Waals surface area (Å²) >= 11 is 0.684. The Kier molecular flexibility index (Phi) is 1.52. The van der Waals surface area contributed by atoms with E-state index in [1.807, 2.05) is 0 Å². The topological polar surface area (TPSA) is 17.1 Å². The molecule has 1 atom stereocenters. The van der Waals surface area contributed by atoms with E-state index in [0.717, 1.165) is 12.2 Å². The minimum absolute atomic E-state index is 0.600. The van der Waals surface area contributed by atoms with Crippen LogP contribution in [0.2, 0.25) is 0 Å². The van der Waals surface area contributed by atoms with E-state index in [2.05, 4.69) is 12.2 Å². The molecule has 0 N–H and O–H groups in total. The average molecular weight is 115 g/mol. The molecule has 1 rings (SSSR count). The fraction of sp³-hybridized carbons (Fsp3) is 0.600. The zero-order valence-corrected chi connectivity index (χ0v) is 4.78. The van der Waals surface area contributed by atoms with Gasteiger partial charge in [0.25, 0.3) is 0 Å². The summed E-state index contributed by atoms with van der Waals surface area (Å²) in [6.45, 7) is 0. The average Bonchev–Trinajstić information content (AvgIpc) is 1.55. The van der Waals surface area contributed by atoms with E-state index >= 15 is 0 Å². The van der Waals surface area contributed by atoms with Crippen LogP contribution in [0.1, 0.15) is 6.42 Å². The van der Waals surface area contributed by atoms with E-state index < -0.39 is 0 Å². The maximum absolute atomic E-state index is 9.82. The minimum Gasteiger partial charge on any atom is -0.0873 e. The quantitative estimate of drug-likeness (QED) is 0.387. The summed E-state index contributed by atoms with van der Waals surface area (Å²) in [6, 6.07) is 0. The molecule has 1 aliphatic carbocycles. The lowest BCUT2D eigenvalue weighted by Crippen LogP contribution is -2.06. The molecule has 1 aliphatic rings. The van der Waals surface area contributed by atoms with Gasteiger partial charge in [-0.2, -0.15) is 0 Å². The highest BCUT2D eigenvalue weighted by atomic mass is 32.1. The van der Waals surface area contributed by atoms with Gasteiger partial charge in [0.15, 0.2) is 0 Å². The first-order valence-corrected chi connectivity index (χ1v) is 3.26. The van der Waals surface area contributed by atoms with Gasteiger partial charge >= 0.3 is 11.7 Å². The van der Waals surface area contributed by atoms with Crippen molar-refractivity contribution in [2.24, 2.45) is 5.92 Å². The van der Waals surface area contributed by atoms with E-state index in [0.29, 0.717) is 17.6 Å². The summed E-state index contributed by atoms with van der Waals surface area (Å²) in [4.78, 5) is 0. The van der Waals surface area contributed by atoms with Gasteiger partial charge in [0.05, 0.1) is 0 Å². The van der Waals surface area contributed by atoms with Crippen LogP contribution in [0.3, 0.4) is 0 Å². The third kappa shape index (κ3) is 1.06. The molecule has 0 aromatic heterocycles. The second kappa shape index (κ2) is 2.17. The number of rotatable bonds is 2. The van der Waals surface area contributed by atoms with Crippen molar-refractivity contribution in [1.29, 1.82) is 0 Å². The second-order valence-corrected chi connectivity index (χ2v) is 2.28. The molecular weight excluding hydrogens is 108 g/mol. The van der Waals surface area contributed by atoms with Gasteiger partial charge < -0.3 is 0 Å². The lowest BCUT2D eigenvalue weighted by molar-refractivity contribution is 0.595. The maximum Gasteiger partial charge on any atom is 0.459 e. The predicted octanol–water partition coefficient (Wildman–Crippen LogP) is 0.991. The highest BCUT2D eigenvalue weighted by molar-refractivity contribution is 7.65. The molecule has 1 unspecified atom stereocenters. The van der Waals surface area contributed by atoms with E-state index in [-0.39, 0.29) is 0 Å². The van der Waals surface area contributed by atoms with Crippen molar-refractivity contribution < 1.29 is 4.21 Å². The molecule has 0 fully saturated rings. The standard InChI is InChI=1S/C5H7OS/c6-7-4-5-2-1-3-5/h1-2,5H,3-4H2/q+1. The summed E-state index contributed by atoms with van der Waals surface area (Å²) in [5, 5.41) is 0. The van der Waals surface area contributed by atoms with E-state index in [9.17, 15) is 4.21 Å². The first-order chi connectivity index (χ1) is 3.43. The smallest absolute Gasteiger partial charge is 0.0873 e. The number of hydrogen-bond acceptors (Lipinski definition) is 1. The van der Waals surface area contributed by atoms with Crippen LogP contribution in [0.25, 0.3) is 0 Å². The van der Waals surface area contributed by atoms with Crippen molar-refractivity contribution >= 4 is 11.7 Å². The van der Waals surface area contributed by atoms with Crippen molar-refractivity contribution in [3.8, 4) is 0 Å². The Hall–Kier alpha value is -0.240. The van der Waals surface area contributed by atoms with Crippen LogP contribution in [0.5, 0.6) is 0 Å². The minimum atomic E-state index is 0.600. The van der Waals surface area contributed by atoms with Crippen molar-refractivity contribution in [3.05, 3.63) is 12.2 Å². The molecular formula is C5H7OS+. The molecule has 0 saturated carbocycles. The molecule has 0 radical (unpaired) electrons. The normalized spacial score (nSPS) is 26.6. The molecule has 0 aromatic carbocycles. The van der Waals surface area contributed by atoms with Gasteiger partial charge in [-0.05, 0) is 6.42 Å². The van der Waals surface area contributed by atoms with E-state index in [4.69, 9.17) is 0 Å². The summed E-state index contributed by atoms with van der Waals surface area (Å²) in [5.74, 6) is 1.36. The zero-order valence-electron chi connectivity index (χ0n) is 3.96. The van der Waals surface area contributed by atoms with Gasteiger partial charge in [-0.1, -0.05) is 12.2 Å². The summed E-state index contributed by atoms with van der Waals surface area (Å²) in [5.41, 5.74) is 0. The third-order valence-electron chi connectivity index (χ3n) is 1.13. The van der Waals surface area contributed by atoms with Gasteiger partial charge in [-0.15, -0.1) is 0 Å². The molecule has 0 amide bonds. The van der Waals surface area contributed by atoms with Crippen LogP contribution >= 0.6 is 0 Å². The molecule has 2 heteroatoms. The molecule has 0 spiro atoms. The highest BCUT2D eigenvalue weighted by Crippen LogP contribution is 2.15. The van der Waals surface area contributed by atoms with Gasteiger partial charge in [0.2, 0.25) is 5.75 Å². The second-order valence-electron chi connectivity index (χ2n) is 1.71. The molecule has 0 bridgehead atoms. The molecule has 7 heavy (non-hydrogen) atoms. The Morgan fingerprint density at radius 1 is 1.86 bits per heavy atom. The van der Waals surface area contributed by atoms with Crippen molar-refractivity contribution in [2.75, 3.05) is 5.75 Å². The molecule has 1 nitrogen and oxygen atoms in total. The molecule has 0 heterocycles. The monoisotopic (exact) mass is 115 g/mol. The Bertz CT molecular complexity index is 98.3. The Balaban J connectivity index is 2.17. The van der Waals surface area contributed by atoms with Crippen LogP contribution < -0.4 is 0 Å². The van der Waals surface area contributed by atoms with Gasteiger partial charge in [0, 0.05) is 10.1 Å². The van der Waals surface area contributed by atoms with Gasteiger partial charge in [0.1, 0.15) is 0 Å². The third-order valence-corrected chi connectivity index (χ3v) is 1.69. The molecule has 38 valence electrons. The lowest BCUT2D eigenvalue weighted by atomic mass is 9.98. The lowest BCUT2D eigenvalue weighted by Gasteiger charge is -2.07. The zero-order chi connectivity index (χ0) is 5.11. The van der Waals surface area contributed by atoms with E-state index in [1.54, 1.807) is 0 Å². The fourth-order valence-electron chi connectivity index (χ4n) is 0.540. The van der Waals surface area contributed by atoms with Crippen LogP contribution in [-0.2, 0) is 15.9 Å². The number of allylic oxidation sites excluding steroid dienone is 2.